The Morgan fingerprint density at radius 3 is 2.67 bits per heavy atom. The molecule has 0 aromatic heterocycles. The molecule has 0 aromatic rings. The summed E-state index contributed by atoms with van der Waals surface area (Å²) in [5, 5.41) is 0. The average Bonchev–Trinajstić information content (AvgIpc) is 2.66. The summed E-state index contributed by atoms with van der Waals surface area (Å²) in [4.78, 5) is 21.5. The van der Waals surface area contributed by atoms with Gasteiger partial charge >= 0.3 is 11.9 Å². The lowest BCUT2D eigenvalue weighted by Crippen LogP contribution is -2.24. The molecule has 0 bridgehead atoms. The molecule has 18 heavy (non-hydrogen) atoms. The van der Waals surface area contributed by atoms with Crippen molar-refractivity contribution in [2.45, 2.75) is 38.6 Å². The molecule has 5 heteroatoms. The van der Waals surface area contributed by atoms with Crippen molar-refractivity contribution in [2.75, 3.05) is 6.61 Å². The Morgan fingerprint density at radius 1 is 1.39 bits per heavy atom. The number of esters is 2. The Hall–Kier alpha value is -1.62. The average molecular weight is 254 g/mol. The molecule has 0 aliphatic carbocycles. The van der Waals surface area contributed by atoms with Gasteiger partial charge in [0.15, 0.2) is 0 Å². The number of carbonyl (C=O) groups excluding carboxylic acids is 2. The van der Waals surface area contributed by atoms with E-state index in [2.05, 4.69) is 6.58 Å². The monoisotopic (exact) mass is 254 g/mol. The SMILES string of the molecule is C=C[C@@H]1C[C@H](OC(C)=O)[C@H](/C=C/COC(C)=O)O1. The molecule has 0 N–H and O–H groups in total. The largest absolute Gasteiger partial charge is 0.462 e. The van der Waals surface area contributed by atoms with Crippen molar-refractivity contribution in [1.82, 2.24) is 0 Å². The van der Waals surface area contributed by atoms with E-state index in [9.17, 15) is 9.59 Å². The first-order valence-electron chi connectivity index (χ1n) is 5.78. The van der Waals surface area contributed by atoms with Gasteiger partial charge in [-0.15, -0.1) is 6.58 Å². The maximum absolute atomic E-state index is 11.0. The van der Waals surface area contributed by atoms with Gasteiger partial charge in [0.1, 0.15) is 18.8 Å². The van der Waals surface area contributed by atoms with Gasteiger partial charge in [-0.3, -0.25) is 9.59 Å². The third-order valence-electron chi connectivity index (χ3n) is 2.45. The first-order valence-corrected chi connectivity index (χ1v) is 5.78. The summed E-state index contributed by atoms with van der Waals surface area (Å²) in [5.41, 5.74) is 0. The van der Waals surface area contributed by atoms with Crippen LogP contribution in [0.2, 0.25) is 0 Å². The third-order valence-corrected chi connectivity index (χ3v) is 2.45. The maximum atomic E-state index is 11.0. The summed E-state index contributed by atoms with van der Waals surface area (Å²) in [6.07, 6.45) is 4.90. The molecule has 1 rings (SSSR count). The van der Waals surface area contributed by atoms with Crippen LogP contribution in [0.5, 0.6) is 0 Å². The van der Waals surface area contributed by atoms with Crippen LogP contribution in [-0.4, -0.2) is 36.9 Å². The predicted molar refractivity (Wildman–Crippen MR) is 64.8 cm³/mol. The second-order valence-corrected chi connectivity index (χ2v) is 3.99. The van der Waals surface area contributed by atoms with Gasteiger partial charge in [0.2, 0.25) is 0 Å². The molecule has 3 atom stereocenters. The Morgan fingerprint density at radius 2 is 2.11 bits per heavy atom. The van der Waals surface area contributed by atoms with Crippen LogP contribution in [0.4, 0.5) is 0 Å². The highest BCUT2D eigenvalue weighted by Crippen LogP contribution is 2.25. The van der Waals surface area contributed by atoms with Crippen LogP contribution in [0.15, 0.2) is 24.8 Å². The van der Waals surface area contributed by atoms with Crippen molar-refractivity contribution in [2.24, 2.45) is 0 Å². The zero-order chi connectivity index (χ0) is 13.5. The van der Waals surface area contributed by atoms with E-state index in [1.54, 1.807) is 18.2 Å². The molecule has 100 valence electrons. The van der Waals surface area contributed by atoms with Gasteiger partial charge in [-0.25, -0.2) is 0 Å². The molecule has 0 aromatic carbocycles. The molecule has 0 unspecified atom stereocenters. The molecule has 1 fully saturated rings. The van der Waals surface area contributed by atoms with Crippen LogP contribution >= 0.6 is 0 Å². The molecule has 0 amide bonds. The van der Waals surface area contributed by atoms with Crippen molar-refractivity contribution >= 4 is 11.9 Å². The Balaban J connectivity index is 2.51. The summed E-state index contributed by atoms with van der Waals surface area (Å²) in [6.45, 7) is 6.54. The summed E-state index contributed by atoms with van der Waals surface area (Å²) in [7, 11) is 0. The topological polar surface area (TPSA) is 61.8 Å². The Kier molecular flexibility index (Phi) is 5.58. The molecule has 0 radical (unpaired) electrons. The first-order chi connectivity index (χ1) is 8.52. The smallest absolute Gasteiger partial charge is 0.303 e. The Labute approximate surface area is 106 Å². The van der Waals surface area contributed by atoms with Gasteiger partial charge in [0.25, 0.3) is 0 Å². The number of carbonyl (C=O) groups is 2. The molecule has 1 aliphatic rings. The van der Waals surface area contributed by atoms with Crippen molar-refractivity contribution < 1.29 is 23.8 Å². The van der Waals surface area contributed by atoms with Gasteiger partial charge in [0.05, 0.1) is 6.10 Å². The van der Waals surface area contributed by atoms with E-state index in [0.29, 0.717) is 6.42 Å². The van der Waals surface area contributed by atoms with Gasteiger partial charge in [-0.2, -0.15) is 0 Å². The minimum atomic E-state index is -0.341. The van der Waals surface area contributed by atoms with Gasteiger partial charge in [-0.1, -0.05) is 12.2 Å². The molecular weight excluding hydrogens is 236 g/mol. The summed E-state index contributed by atoms with van der Waals surface area (Å²) < 4.78 is 15.5. The quantitative estimate of drug-likeness (QED) is 0.548. The lowest BCUT2D eigenvalue weighted by atomic mass is 10.1. The number of rotatable bonds is 5. The predicted octanol–water partition coefficient (Wildman–Crippen LogP) is 1.38. The zero-order valence-electron chi connectivity index (χ0n) is 10.6. The fraction of sp³-hybridized carbons (Fsp3) is 0.538. The molecule has 5 nitrogen and oxygen atoms in total. The fourth-order valence-electron chi connectivity index (χ4n) is 1.71. The van der Waals surface area contributed by atoms with E-state index < -0.39 is 0 Å². The highest BCUT2D eigenvalue weighted by Gasteiger charge is 2.34. The molecule has 0 spiro atoms. The third kappa shape index (κ3) is 4.71. The van der Waals surface area contributed by atoms with Crippen LogP contribution in [0.1, 0.15) is 20.3 Å². The number of hydrogen-bond acceptors (Lipinski definition) is 5. The number of ether oxygens (including phenoxy) is 3. The van der Waals surface area contributed by atoms with Crippen LogP contribution in [0, 0.1) is 0 Å². The lowest BCUT2D eigenvalue weighted by molar-refractivity contribution is -0.147. The molecule has 1 heterocycles. The molecule has 0 saturated carbocycles. The standard InChI is InChI=1S/C13H18O5/c1-4-11-8-13(17-10(3)15)12(18-11)6-5-7-16-9(2)14/h4-6,11-13H,1,7-8H2,2-3H3/b6-5+/t11-,12+,13+/m1/s1. The van der Waals surface area contributed by atoms with Gasteiger partial charge in [0, 0.05) is 20.3 Å². The highest BCUT2D eigenvalue weighted by atomic mass is 16.6. The fourth-order valence-corrected chi connectivity index (χ4v) is 1.71. The zero-order valence-corrected chi connectivity index (χ0v) is 10.6. The van der Waals surface area contributed by atoms with Crippen LogP contribution < -0.4 is 0 Å². The van der Waals surface area contributed by atoms with Crippen molar-refractivity contribution in [3.05, 3.63) is 24.8 Å². The molecular formula is C13H18O5. The van der Waals surface area contributed by atoms with Gasteiger partial charge in [-0.05, 0) is 6.08 Å². The first kappa shape index (κ1) is 14.4. The number of hydrogen-bond donors (Lipinski definition) is 0. The summed E-state index contributed by atoms with van der Waals surface area (Å²) >= 11 is 0. The van der Waals surface area contributed by atoms with Crippen molar-refractivity contribution in [3.8, 4) is 0 Å². The van der Waals surface area contributed by atoms with E-state index in [0.717, 1.165) is 0 Å². The molecule has 1 saturated heterocycles. The lowest BCUT2D eigenvalue weighted by Gasteiger charge is -2.14. The minimum Gasteiger partial charge on any atom is -0.462 e. The maximum Gasteiger partial charge on any atom is 0.303 e. The van der Waals surface area contributed by atoms with E-state index in [1.165, 1.54) is 13.8 Å². The van der Waals surface area contributed by atoms with Crippen molar-refractivity contribution in [1.29, 1.82) is 0 Å². The van der Waals surface area contributed by atoms with E-state index in [1.807, 2.05) is 0 Å². The summed E-state index contributed by atoms with van der Waals surface area (Å²) in [5.74, 6) is -0.681. The van der Waals surface area contributed by atoms with Crippen LogP contribution in [0.3, 0.4) is 0 Å². The molecule has 1 aliphatic heterocycles. The van der Waals surface area contributed by atoms with Crippen LogP contribution in [0.25, 0.3) is 0 Å². The van der Waals surface area contributed by atoms with E-state index in [4.69, 9.17) is 14.2 Å². The Bertz CT molecular complexity index is 347. The van der Waals surface area contributed by atoms with E-state index >= 15 is 0 Å². The second kappa shape index (κ2) is 6.96. The second-order valence-electron chi connectivity index (χ2n) is 3.99. The van der Waals surface area contributed by atoms with E-state index in [-0.39, 0.29) is 36.9 Å². The highest BCUT2D eigenvalue weighted by molar-refractivity contribution is 5.66. The summed E-state index contributed by atoms with van der Waals surface area (Å²) in [6, 6.07) is 0. The minimum absolute atomic E-state index is 0.127. The van der Waals surface area contributed by atoms with Crippen molar-refractivity contribution in [3.63, 3.8) is 0 Å². The van der Waals surface area contributed by atoms with Gasteiger partial charge < -0.3 is 14.2 Å². The normalized spacial score (nSPS) is 27.1. The van der Waals surface area contributed by atoms with Crippen LogP contribution in [-0.2, 0) is 23.8 Å².